The van der Waals surface area contributed by atoms with Gasteiger partial charge in [-0.25, -0.2) is 13.2 Å². The Balaban J connectivity index is 1.49. The zero-order valence-electron chi connectivity index (χ0n) is 18.8. The first-order valence-electron chi connectivity index (χ1n) is 10.9. The molecule has 0 radical (unpaired) electrons. The second kappa shape index (κ2) is 10.3. The Bertz CT molecular complexity index is 1370. The summed E-state index contributed by atoms with van der Waals surface area (Å²) < 4.78 is 32.2. The number of hydrogen-bond donors (Lipinski definition) is 3. The van der Waals surface area contributed by atoms with Crippen molar-refractivity contribution in [3.8, 4) is 0 Å². The van der Waals surface area contributed by atoms with Crippen LogP contribution in [-0.2, 0) is 27.6 Å². The number of aryl methyl sites for hydroxylation is 1. The highest BCUT2D eigenvalue weighted by Gasteiger charge is 2.28. The lowest BCUT2D eigenvalue weighted by Crippen LogP contribution is -2.32. The van der Waals surface area contributed by atoms with Crippen molar-refractivity contribution in [1.82, 2.24) is 5.32 Å². The van der Waals surface area contributed by atoms with Gasteiger partial charge in [0.1, 0.15) is 5.00 Å². The van der Waals surface area contributed by atoms with Gasteiger partial charge in [0.25, 0.3) is 21.8 Å². The minimum Gasteiger partial charge on any atom is -0.450 e. The van der Waals surface area contributed by atoms with Crippen molar-refractivity contribution in [3.05, 3.63) is 76.2 Å². The van der Waals surface area contributed by atoms with E-state index in [1.54, 1.807) is 25.1 Å². The van der Waals surface area contributed by atoms with Crippen molar-refractivity contribution < 1.29 is 27.5 Å². The number of amides is 3. The summed E-state index contributed by atoms with van der Waals surface area (Å²) in [5.41, 5.74) is 1.68. The lowest BCUT2D eigenvalue weighted by Gasteiger charge is -2.10. The summed E-state index contributed by atoms with van der Waals surface area (Å²) >= 11 is 1.31. The molecular weight excluding hydrogens is 490 g/mol. The molecule has 0 saturated heterocycles. The highest BCUT2D eigenvalue weighted by Crippen LogP contribution is 2.39. The molecule has 35 heavy (non-hydrogen) atoms. The maximum absolute atomic E-state index is 12.9. The van der Waals surface area contributed by atoms with E-state index in [2.05, 4.69) is 15.4 Å². The third-order valence-electron chi connectivity index (χ3n) is 5.32. The smallest absolute Gasteiger partial charge is 0.414 e. The van der Waals surface area contributed by atoms with Gasteiger partial charge in [0, 0.05) is 16.1 Å². The Labute approximate surface area is 206 Å². The standard InChI is InChI=1S/C24H23N3O6S2/c1-2-33-24(30)26-22(29)20-18-9-6-10-19(18)34-23(20)25-21(28)15-11-13-16(14-12-15)27-35(31,32)17-7-4-3-5-8-17/h3-5,7-8,11-14,27H,2,6,9-10H2,1H3,(H,25,28)(H,26,29,30). The second-order valence-electron chi connectivity index (χ2n) is 7.69. The molecule has 0 aliphatic heterocycles. The van der Waals surface area contributed by atoms with Gasteiger partial charge >= 0.3 is 6.09 Å². The summed E-state index contributed by atoms with van der Waals surface area (Å²) in [5, 5.41) is 5.32. The van der Waals surface area contributed by atoms with Gasteiger partial charge in [-0.3, -0.25) is 19.6 Å². The van der Waals surface area contributed by atoms with Crippen molar-refractivity contribution in [2.75, 3.05) is 16.6 Å². The van der Waals surface area contributed by atoms with Gasteiger partial charge in [-0.05, 0) is 68.1 Å². The molecule has 11 heteroatoms. The molecule has 1 aliphatic carbocycles. The second-order valence-corrected chi connectivity index (χ2v) is 10.5. The van der Waals surface area contributed by atoms with Crippen molar-refractivity contribution >= 4 is 50.0 Å². The van der Waals surface area contributed by atoms with E-state index in [1.165, 1.54) is 47.7 Å². The zero-order valence-corrected chi connectivity index (χ0v) is 20.4. The molecule has 0 bridgehead atoms. The fraction of sp³-hybridized carbons (Fsp3) is 0.208. The number of fused-ring (bicyclic) bond motifs is 1. The van der Waals surface area contributed by atoms with Gasteiger partial charge in [-0.1, -0.05) is 18.2 Å². The summed E-state index contributed by atoms with van der Waals surface area (Å²) in [6, 6.07) is 13.9. The van der Waals surface area contributed by atoms with E-state index >= 15 is 0 Å². The number of anilines is 2. The number of alkyl carbamates (subject to hydrolysis) is 1. The average molecular weight is 514 g/mol. The number of thiophene rings is 1. The van der Waals surface area contributed by atoms with E-state index in [0.717, 1.165) is 23.3 Å². The zero-order chi connectivity index (χ0) is 25.0. The molecule has 1 heterocycles. The van der Waals surface area contributed by atoms with Gasteiger partial charge in [0.05, 0.1) is 17.1 Å². The van der Waals surface area contributed by atoms with Gasteiger partial charge in [0.2, 0.25) is 0 Å². The Kier molecular flexibility index (Phi) is 7.17. The topological polar surface area (TPSA) is 131 Å². The lowest BCUT2D eigenvalue weighted by atomic mass is 10.1. The van der Waals surface area contributed by atoms with Crippen LogP contribution in [0.15, 0.2) is 59.5 Å². The highest BCUT2D eigenvalue weighted by atomic mass is 32.2. The quantitative estimate of drug-likeness (QED) is 0.435. The molecule has 182 valence electrons. The van der Waals surface area contributed by atoms with Crippen LogP contribution in [0.2, 0.25) is 0 Å². The van der Waals surface area contributed by atoms with Crippen molar-refractivity contribution in [1.29, 1.82) is 0 Å². The minimum atomic E-state index is -3.75. The summed E-state index contributed by atoms with van der Waals surface area (Å²) in [6.07, 6.45) is 1.53. The predicted molar refractivity (Wildman–Crippen MR) is 132 cm³/mol. The monoisotopic (exact) mass is 513 g/mol. The predicted octanol–water partition coefficient (Wildman–Crippen LogP) is 4.18. The molecule has 3 amide bonds. The summed E-state index contributed by atoms with van der Waals surface area (Å²) in [7, 11) is -3.75. The van der Waals surface area contributed by atoms with Crippen LogP contribution in [0.1, 0.15) is 44.5 Å². The van der Waals surface area contributed by atoms with Crippen LogP contribution < -0.4 is 15.4 Å². The molecule has 0 saturated carbocycles. The number of nitrogens with one attached hydrogen (secondary N) is 3. The van der Waals surface area contributed by atoms with Crippen LogP contribution in [0.4, 0.5) is 15.5 Å². The third kappa shape index (κ3) is 5.52. The summed E-state index contributed by atoms with van der Waals surface area (Å²) in [4.78, 5) is 38.5. The minimum absolute atomic E-state index is 0.126. The molecule has 1 aliphatic rings. The molecular formula is C24H23N3O6S2. The molecule has 3 N–H and O–H groups in total. The number of benzene rings is 2. The van der Waals surface area contributed by atoms with E-state index in [9.17, 15) is 22.8 Å². The molecule has 0 spiro atoms. The van der Waals surface area contributed by atoms with Crippen LogP contribution >= 0.6 is 11.3 Å². The molecule has 0 fully saturated rings. The number of hydrogen-bond acceptors (Lipinski definition) is 7. The van der Waals surface area contributed by atoms with Crippen molar-refractivity contribution in [2.24, 2.45) is 0 Å². The number of sulfonamides is 1. The molecule has 3 aromatic rings. The Hall–Kier alpha value is -3.70. The van der Waals surface area contributed by atoms with Crippen LogP contribution in [0.3, 0.4) is 0 Å². The number of carbonyl (C=O) groups is 3. The van der Waals surface area contributed by atoms with Crippen LogP contribution in [-0.4, -0.2) is 32.9 Å². The van der Waals surface area contributed by atoms with Crippen molar-refractivity contribution in [3.63, 3.8) is 0 Å². The number of imide groups is 1. The average Bonchev–Trinajstić information content (AvgIpc) is 3.40. The first-order valence-corrected chi connectivity index (χ1v) is 13.2. The van der Waals surface area contributed by atoms with E-state index in [4.69, 9.17) is 4.74 Å². The number of ether oxygens (including phenoxy) is 1. The molecule has 0 unspecified atom stereocenters. The molecule has 1 aromatic heterocycles. The fourth-order valence-electron chi connectivity index (χ4n) is 3.73. The molecule has 9 nitrogen and oxygen atoms in total. The highest BCUT2D eigenvalue weighted by molar-refractivity contribution is 7.92. The molecule has 0 atom stereocenters. The van der Waals surface area contributed by atoms with E-state index in [-0.39, 0.29) is 22.6 Å². The summed E-state index contributed by atoms with van der Waals surface area (Å²) in [6.45, 7) is 1.76. The Morgan fingerprint density at radius 2 is 1.69 bits per heavy atom. The van der Waals surface area contributed by atoms with Crippen LogP contribution in [0.25, 0.3) is 0 Å². The first-order chi connectivity index (χ1) is 16.8. The van der Waals surface area contributed by atoms with E-state index < -0.39 is 27.9 Å². The van der Waals surface area contributed by atoms with E-state index in [1.807, 2.05) is 0 Å². The van der Waals surface area contributed by atoms with Crippen LogP contribution in [0.5, 0.6) is 0 Å². The first kappa shape index (κ1) is 24.4. The molecule has 4 rings (SSSR count). The number of carbonyl (C=O) groups excluding carboxylic acids is 3. The largest absolute Gasteiger partial charge is 0.450 e. The normalized spacial score (nSPS) is 12.5. The van der Waals surface area contributed by atoms with E-state index in [0.29, 0.717) is 17.1 Å². The maximum Gasteiger partial charge on any atom is 0.414 e. The van der Waals surface area contributed by atoms with Crippen LogP contribution in [0, 0.1) is 0 Å². The van der Waals surface area contributed by atoms with Crippen molar-refractivity contribution in [2.45, 2.75) is 31.1 Å². The van der Waals surface area contributed by atoms with Gasteiger partial charge in [-0.15, -0.1) is 11.3 Å². The van der Waals surface area contributed by atoms with Gasteiger partial charge < -0.3 is 10.1 Å². The third-order valence-corrected chi connectivity index (χ3v) is 7.92. The maximum atomic E-state index is 12.9. The summed E-state index contributed by atoms with van der Waals surface area (Å²) in [5.74, 6) is -1.09. The number of rotatable bonds is 7. The SMILES string of the molecule is CCOC(=O)NC(=O)c1c(NC(=O)c2ccc(NS(=O)(=O)c3ccccc3)cc2)sc2c1CCC2. The van der Waals surface area contributed by atoms with Gasteiger partial charge in [0.15, 0.2) is 0 Å². The Morgan fingerprint density at radius 3 is 2.37 bits per heavy atom. The van der Waals surface area contributed by atoms with Gasteiger partial charge in [-0.2, -0.15) is 0 Å². The fourth-order valence-corrected chi connectivity index (χ4v) is 6.10. The Morgan fingerprint density at radius 1 is 0.971 bits per heavy atom. The lowest BCUT2D eigenvalue weighted by molar-refractivity contribution is 0.0925. The molecule has 2 aromatic carbocycles.